The fraction of sp³-hybridized carbons (Fsp3) is 0.571. The predicted molar refractivity (Wildman–Crippen MR) is 80.9 cm³/mol. The van der Waals surface area contributed by atoms with E-state index < -0.39 is 15.8 Å². The highest BCUT2D eigenvalue weighted by Gasteiger charge is 2.16. The normalized spacial score (nSPS) is 17.6. The quantitative estimate of drug-likeness (QED) is 0.809. The maximum absolute atomic E-state index is 13.1. The maximum atomic E-state index is 13.1. The summed E-state index contributed by atoms with van der Waals surface area (Å²) >= 11 is 0. The third-order valence-corrected chi connectivity index (χ3v) is 5.16. The molecule has 0 aromatic heterocycles. The smallest absolute Gasteiger partial charge is 0.240 e. The average molecular weight is 315 g/mol. The number of nitrogens with zero attached hydrogens (tertiary/aromatic N) is 1. The summed E-state index contributed by atoms with van der Waals surface area (Å²) in [6.07, 6.45) is 4.83. The zero-order chi connectivity index (χ0) is 15.3. The first-order valence-corrected chi connectivity index (χ1v) is 8.74. The summed E-state index contributed by atoms with van der Waals surface area (Å²) in [5.74, 6) is -0.612. The second kappa shape index (κ2) is 7.20. The SMILES string of the molecule is Nc1cc(S(=O)(=O)NCCN2CCCCCC2)ccc1F. The molecule has 1 fully saturated rings. The van der Waals surface area contributed by atoms with Gasteiger partial charge in [-0.25, -0.2) is 17.5 Å². The molecule has 1 aliphatic rings. The van der Waals surface area contributed by atoms with Gasteiger partial charge >= 0.3 is 0 Å². The molecule has 1 heterocycles. The van der Waals surface area contributed by atoms with Crippen LogP contribution in [0.5, 0.6) is 0 Å². The van der Waals surface area contributed by atoms with Crippen molar-refractivity contribution in [2.75, 3.05) is 31.9 Å². The summed E-state index contributed by atoms with van der Waals surface area (Å²) in [6.45, 7) is 3.08. The lowest BCUT2D eigenvalue weighted by Gasteiger charge is -2.19. The van der Waals surface area contributed by atoms with Crippen LogP contribution < -0.4 is 10.5 Å². The minimum atomic E-state index is -3.63. The van der Waals surface area contributed by atoms with E-state index in [9.17, 15) is 12.8 Å². The number of anilines is 1. The Labute approximate surface area is 125 Å². The Bertz CT molecular complexity index is 570. The van der Waals surface area contributed by atoms with Gasteiger partial charge in [0.1, 0.15) is 5.82 Å². The molecule has 0 radical (unpaired) electrons. The molecule has 5 nitrogen and oxygen atoms in total. The number of hydrogen-bond acceptors (Lipinski definition) is 4. The molecule has 21 heavy (non-hydrogen) atoms. The topological polar surface area (TPSA) is 75.4 Å². The van der Waals surface area contributed by atoms with Gasteiger partial charge in [-0.1, -0.05) is 12.8 Å². The number of benzene rings is 1. The molecule has 1 aromatic rings. The molecule has 0 bridgehead atoms. The van der Waals surface area contributed by atoms with E-state index in [0.29, 0.717) is 13.1 Å². The molecule has 118 valence electrons. The summed E-state index contributed by atoms with van der Waals surface area (Å²) in [7, 11) is -3.63. The van der Waals surface area contributed by atoms with Gasteiger partial charge in [0.25, 0.3) is 0 Å². The molecular weight excluding hydrogens is 293 g/mol. The third kappa shape index (κ3) is 4.66. The zero-order valence-electron chi connectivity index (χ0n) is 12.0. The van der Waals surface area contributed by atoms with Crippen molar-refractivity contribution in [2.24, 2.45) is 0 Å². The number of nitrogens with two attached hydrogens (primary N) is 1. The van der Waals surface area contributed by atoms with E-state index in [1.54, 1.807) is 0 Å². The van der Waals surface area contributed by atoms with Crippen LogP contribution in [-0.4, -0.2) is 39.5 Å². The molecule has 3 N–H and O–H groups in total. The molecule has 1 aliphatic heterocycles. The van der Waals surface area contributed by atoms with Crippen molar-refractivity contribution in [1.82, 2.24) is 9.62 Å². The van der Waals surface area contributed by atoms with E-state index in [1.165, 1.54) is 31.7 Å². The molecule has 0 unspecified atom stereocenters. The molecule has 0 atom stereocenters. The lowest BCUT2D eigenvalue weighted by molar-refractivity contribution is 0.290. The number of nitrogens with one attached hydrogen (secondary N) is 1. The van der Waals surface area contributed by atoms with E-state index in [2.05, 4.69) is 9.62 Å². The van der Waals surface area contributed by atoms with Crippen molar-refractivity contribution >= 4 is 15.7 Å². The maximum Gasteiger partial charge on any atom is 0.240 e. The Morgan fingerprint density at radius 3 is 2.48 bits per heavy atom. The van der Waals surface area contributed by atoms with Crippen molar-refractivity contribution in [3.8, 4) is 0 Å². The van der Waals surface area contributed by atoms with Gasteiger partial charge in [-0.2, -0.15) is 0 Å². The lowest BCUT2D eigenvalue weighted by atomic mass is 10.2. The van der Waals surface area contributed by atoms with Crippen LogP contribution in [0, 0.1) is 5.82 Å². The molecule has 1 aromatic carbocycles. The number of halogens is 1. The Kier molecular flexibility index (Phi) is 5.55. The number of likely N-dealkylation sites (tertiary alicyclic amines) is 1. The molecule has 0 amide bonds. The Morgan fingerprint density at radius 2 is 1.86 bits per heavy atom. The average Bonchev–Trinajstić information content (AvgIpc) is 2.70. The van der Waals surface area contributed by atoms with Gasteiger partial charge in [-0.3, -0.25) is 0 Å². The van der Waals surface area contributed by atoms with E-state index >= 15 is 0 Å². The third-order valence-electron chi connectivity index (χ3n) is 3.70. The summed E-state index contributed by atoms with van der Waals surface area (Å²) < 4.78 is 39.8. The second-order valence-electron chi connectivity index (χ2n) is 5.34. The fourth-order valence-electron chi connectivity index (χ4n) is 2.47. The van der Waals surface area contributed by atoms with E-state index in [4.69, 9.17) is 5.73 Å². The fourth-order valence-corrected chi connectivity index (χ4v) is 3.53. The number of rotatable bonds is 5. The van der Waals surface area contributed by atoms with Crippen molar-refractivity contribution in [2.45, 2.75) is 30.6 Å². The summed E-state index contributed by atoms with van der Waals surface area (Å²) in [5.41, 5.74) is 5.24. The van der Waals surface area contributed by atoms with Gasteiger partial charge in [0.05, 0.1) is 10.6 Å². The minimum absolute atomic E-state index is 0.00253. The van der Waals surface area contributed by atoms with Crippen molar-refractivity contribution < 1.29 is 12.8 Å². The second-order valence-corrected chi connectivity index (χ2v) is 7.10. The van der Waals surface area contributed by atoms with Gasteiger partial charge in [0.15, 0.2) is 0 Å². The Balaban J connectivity index is 1.90. The molecule has 2 rings (SSSR count). The number of sulfonamides is 1. The Morgan fingerprint density at radius 1 is 1.19 bits per heavy atom. The van der Waals surface area contributed by atoms with Crippen LogP contribution >= 0.6 is 0 Å². The highest BCUT2D eigenvalue weighted by atomic mass is 32.2. The lowest BCUT2D eigenvalue weighted by Crippen LogP contribution is -2.35. The monoisotopic (exact) mass is 315 g/mol. The van der Waals surface area contributed by atoms with Gasteiger partial charge in [0.2, 0.25) is 10.0 Å². The molecule has 0 aliphatic carbocycles. The van der Waals surface area contributed by atoms with Gasteiger partial charge in [-0.15, -0.1) is 0 Å². The first kappa shape index (κ1) is 16.2. The summed E-state index contributed by atoms with van der Waals surface area (Å²) in [4.78, 5) is 2.27. The van der Waals surface area contributed by atoms with Crippen LogP contribution in [0.2, 0.25) is 0 Å². The molecule has 7 heteroatoms. The minimum Gasteiger partial charge on any atom is -0.396 e. The van der Waals surface area contributed by atoms with Crippen LogP contribution in [0.1, 0.15) is 25.7 Å². The number of hydrogen-bond donors (Lipinski definition) is 2. The highest BCUT2D eigenvalue weighted by molar-refractivity contribution is 7.89. The first-order chi connectivity index (χ1) is 9.99. The van der Waals surface area contributed by atoms with E-state index in [0.717, 1.165) is 25.2 Å². The van der Waals surface area contributed by atoms with Crippen LogP contribution in [0.3, 0.4) is 0 Å². The molecular formula is C14H22FN3O2S. The van der Waals surface area contributed by atoms with Gasteiger partial charge < -0.3 is 10.6 Å². The van der Waals surface area contributed by atoms with Crippen molar-refractivity contribution in [1.29, 1.82) is 0 Å². The first-order valence-electron chi connectivity index (χ1n) is 7.26. The van der Waals surface area contributed by atoms with E-state index in [-0.39, 0.29) is 10.6 Å². The molecule has 0 spiro atoms. The summed E-state index contributed by atoms with van der Waals surface area (Å²) in [5, 5.41) is 0. The van der Waals surface area contributed by atoms with E-state index in [1.807, 2.05) is 0 Å². The van der Waals surface area contributed by atoms with Gasteiger partial charge in [-0.05, 0) is 44.1 Å². The van der Waals surface area contributed by atoms with Crippen molar-refractivity contribution in [3.05, 3.63) is 24.0 Å². The Hall–Kier alpha value is -1.18. The van der Waals surface area contributed by atoms with Crippen molar-refractivity contribution in [3.63, 3.8) is 0 Å². The van der Waals surface area contributed by atoms with Crippen LogP contribution in [-0.2, 0) is 10.0 Å². The predicted octanol–water partition coefficient (Wildman–Crippen LogP) is 1.56. The van der Waals surface area contributed by atoms with Gasteiger partial charge in [0, 0.05) is 13.1 Å². The molecule has 0 saturated carbocycles. The standard InChI is InChI=1S/C14H22FN3O2S/c15-13-6-5-12(11-14(13)16)21(19,20)17-7-10-18-8-3-1-2-4-9-18/h5-6,11,17H,1-4,7-10,16H2. The summed E-state index contributed by atoms with van der Waals surface area (Å²) in [6, 6.07) is 3.43. The highest BCUT2D eigenvalue weighted by Crippen LogP contribution is 2.16. The number of nitrogen functional groups attached to an aromatic ring is 1. The van der Waals surface area contributed by atoms with Crippen LogP contribution in [0.4, 0.5) is 10.1 Å². The van der Waals surface area contributed by atoms with Crippen LogP contribution in [0.25, 0.3) is 0 Å². The largest absolute Gasteiger partial charge is 0.396 e. The van der Waals surface area contributed by atoms with Crippen LogP contribution in [0.15, 0.2) is 23.1 Å². The molecule has 1 saturated heterocycles. The zero-order valence-corrected chi connectivity index (χ0v) is 12.8.